The van der Waals surface area contributed by atoms with Crippen LogP contribution in [0.4, 0.5) is 0 Å². The van der Waals surface area contributed by atoms with Gasteiger partial charge in [0.1, 0.15) is 22.8 Å². The molecule has 10 aromatic rings. The molecule has 0 radical (unpaired) electrons. The van der Waals surface area contributed by atoms with Crippen LogP contribution in [-0.2, 0) is 5.41 Å². The third-order valence-corrected chi connectivity index (χ3v) is 13.9. The fourth-order valence-electron chi connectivity index (χ4n) is 10.7. The van der Waals surface area contributed by atoms with Crippen LogP contribution < -0.4 is 5.32 Å². The molecule has 1 N–H and O–H groups in total. The van der Waals surface area contributed by atoms with Crippen LogP contribution in [0.25, 0.3) is 82.8 Å². The first-order valence-corrected chi connectivity index (χ1v) is 22.6. The Morgan fingerprint density at radius 3 is 1.82 bits per heavy atom. The van der Waals surface area contributed by atoms with Crippen molar-refractivity contribution >= 4 is 61.1 Å². The monoisotopic (exact) mass is 836 g/mol. The molecule has 5 heteroatoms. The van der Waals surface area contributed by atoms with Crippen molar-refractivity contribution in [3.63, 3.8) is 0 Å². The van der Waals surface area contributed by atoms with E-state index in [0.29, 0.717) is 0 Å². The lowest BCUT2D eigenvalue weighted by Gasteiger charge is -2.23. The second-order valence-corrected chi connectivity index (χ2v) is 18.1. The predicted molar refractivity (Wildman–Crippen MR) is 270 cm³/mol. The maximum Gasteiger partial charge on any atom is 0.170 e. The number of hydrogen-bond acceptors (Lipinski definition) is 4. The maximum absolute atomic E-state index is 6.55. The number of nitrogens with one attached hydrogen (secondary N) is 1. The number of furan rings is 1. The van der Waals surface area contributed by atoms with Crippen molar-refractivity contribution in [2.24, 2.45) is 9.98 Å². The fraction of sp³-hybridized carbons (Fsp3) is 0.100. The Morgan fingerprint density at radius 1 is 0.538 bits per heavy atom. The van der Waals surface area contributed by atoms with E-state index in [1.165, 1.54) is 66.4 Å². The number of rotatable bonds is 6. The zero-order valence-corrected chi connectivity index (χ0v) is 36.2. The molecule has 0 unspecified atom stereocenters. The molecule has 0 amide bonds. The summed E-state index contributed by atoms with van der Waals surface area (Å²) in [6.45, 7) is 4.75. The van der Waals surface area contributed by atoms with Crippen molar-refractivity contribution in [2.75, 3.05) is 0 Å². The number of benzene rings is 8. The van der Waals surface area contributed by atoms with Crippen LogP contribution in [0.2, 0.25) is 0 Å². The Kier molecular flexibility index (Phi) is 8.38. The van der Waals surface area contributed by atoms with Crippen molar-refractivity contribution in [1.82, 2.24) is 9.88 Å². The minimum absolute atomic E-state index is 0.199. The molecule has 2 aliphatic carbocycles. The third-order valence-electron chi connectivity index (χ3n) is 13.9. The molecule has 0 atom stereocenters. The summed E-state index contributed by atoms with van der Waals surface area (Å²) < 4.78 is 9.01. The Bertz CT molecular complexity index is 3660. The SMILES string of the molecule is CC1(C)c2cc(-c3ccc4oc5cccc(C6N=C(c7ccccc7)NC(c7ccccc7)=N6)c5c4c3)ccc2-c2ccc(-c3ccc4c(c3)c3ccccc3n4C3=CC=CCC3)cc21. The molecular weight excluding hydrogens is 793 g/mol. The van der Waals surface area contributed by atoms with Gasteiger partial charge in [0.05, 0.1) is 11.0 Å². The second-order valence-electron chi connectivity index (χ2n) is 18.1. The molecule has 8 aromatic carbocycles. The molecule has 3 heterocycles. The molecule has 0 fully saturated rings. The molecule has 5 nitrogen and oxygen atoms in total. The lowest BCUT2D eigenvalue weighted by molar-refractivity contribution is 0.661. The summed E-state index contributed by atoms with van der Waals surface area (Å²) in [4.78, 5) is 10.5. The zero-order valence-electron chi connectivity index (χ0n) is 36.2. The first-order chi connectivity index (χ1) is 32.0. The molecule has 2 aromatic heterocycles. The van der Waals surface area contributed by atoms with Gasteiger partial charge < -0.3 is 14.3 Å². The molecule has 1 aliphatic heterocycles. The first kappa shape index (κ1) is 37.5. The summed E-state index contributed by atoms with van der Waals surface area (Å²) in [5.41, 5.74) is 18.5. The van der Waals surface area contributed by atoms with Gasteiger partial charge in [-0.15, -0.1) is 0 Å². The van der Waals surface area contributed by atoms with Gasteiger partial charge in [0.2, 0.25) is 0 Å². The smallest absolute Gasteiger partial charge is 0.170 e. The number of hydrogen-bond donors (Lipinski definition) is 1. The Morgan fingerprint density at radius 2 is 1.14 bits per heavy atom. The van der Waals surface area contributed by atoms with Gasteiger partial charge in [0.15, 0.2) is 6.17 Å². The zero-order chi connectivity index (χ0) is 43.2. The van der Waals surface area contributed by atoms with Gasteiger partial charge in [0, 0.05) is 49.3 Å². The quantitative estimate of drug-likeness (QED) is 0.181. The van der Waals surface area contributed by atoms with Crippen molar-refractivity contribution in [2.45, 2.75) is 38.3 Å². The molecule has 0 saturated heterocycles. The molecule has 0 saturated carbocycles. The number of aromatic nitrogens is 1. The average molecular weight is 837 g/mol. The van der Waals surface area contributed by atoms with E-state index < -0.39 is 6.17 Å². The number of nitrogens with zero attached hydrogens (tertiary/aromatic N) is 3. The highest BCUT2D eigenvalue weighted by Crippen LogP contribution is 2.51. The summed E-state index contributed by atoms with van der Waals surface area (Å²) in [6, 6.07) is 63.4. The highest BCUT2D eigenvalue weighted by Gasteiger charge is 2.36. The summed E-state index contributed by atoms with van der Waals surface area (Å²) in [6.07, 6.45) is 8.36. The van der Waals surface area contributed by atoms with Crippen LogP contribution >= 0.6 is 0 Å². The van der Waals surface area contributed by atoms with E-state index in [-0.39, 0.29) is 5.41 Å². The molecule has 0 spiro atoms. The summed E-state index contributed by atoms with van der Waals surface area (Å²) in [5, 5.41) is 8.21. The summed E-state index contributed by atoms with van der Waals surface area (Å²) >= 11 is 0. The molecular formula is C60H44N4O. The van der Waals surface area contributed by atoms with Crippen molar-refractivity contribution in [3.8, 4) is 33.4 Å². The van der Waals surface area contributed by atoms with Crippen LogP contribution in [0.15, 0.2) is 209 Å². The topological polar surface area (TPSA) is 54.8 Å². The van der Waals surface area contributed by atoms with Gasteiger partial charge in [-0.3, -0.25) is 0 Å². The Hall–Kier alpha value is -8.02. The van der Waals surface area contributed by atoms with Crippen LogP contribution in [0.3, 0.4) is 0 Å². The number of aliphatic imine (C=N–C) groups is 2. The van der Waals surface area contributed by atoms with E-state index in [4.69, 9.17) is 14.4 Å². The fourth-order valence-corrected chi connectivity index (χ4v) is 10.7. The number of allylic oxidation sites excluding steroid dienone is 4. The van der Waals surface area contributed by atoms with Gasteiger partial charge in [-0.2, -0.15) is 0 Å². The molecule has 3 aliphatic rings. The lowest BCUT2D eigenvalue weighted by atomic mass is 9.80. The summed E-state index contributed by atoms with van der Waals surface area (Å²) in [7, 11) is 0. The van der Waals surface area contributed by atoms with Crippen molar-refractivity contribution in [3.05, 3.63) is 222 Å². The van der Waals surface area contributed by atoms with Gasteiger partial charge in [0.25, 0.3) is 0 Å². The minimum atomic E-state index is -0.474. The average Bonchev–Trinajstić information content (AvgIpc) is 3.99. The standard InChI is InChI=1S/C60H44N4O/c1-60(2)50-35-41(39-27-31-53-48(33-39)46-21-12-13-23-52(46)64(53)43-19-10-5-11-20-43)25-29-44(50)45-30-26-42(36-51(45)60)40-28-32-54-49(34-40)56-47(22-14-24-55(56)65-54)59-62-57(37-15-6-3-7-16-37)61-58(63-59)38-17-8-4-9-18-38/h3-10,12-19,21-36,59H,11,20H2,1-2H3,(H,61,62,63). The van der Waals surface area contributed by atoms with Crippen LogP contribution in [0, 0.1) is 0 Å². The second kappa shape index (κ2) is 14.5. The van der Waals surface area contributed by atoms with Crippen LogP contribution in [0.5, 0.6) is 0 Å². The molecule has 310 valence electrons. The van der Waals surface area contributed by atoms with Crippen LogP contribution in [0.1, 0.15) is 60.7 Å². The highest BCUT2D eigenvalue weighted by molar-refractivity contribution is 6.16. The maximum atomic E-state index is 6.55. The van der Waals surface area contributed by atoms with Gasteiger partial charge in [-0.05, 0) is 112 Å². The van der Waals surface area contributed by atoms with E-state index in [0.717, 1.165) is 68.7 Å². The van der Waals surface area contributed by atoms with Gasteiger partial charge in [-0.25, -0.2) is 9.98 Å². The molecule has 65 heavy (non-hydrogen) atoms. The number of fused-ring (bicyclic) bond motifs is 9. The number of para-hydroxylation sites is 1. The Labute approximate surface area is 377 Å². The first-order valence-electron chi connectivity index (χ1n) is 22.6. The summed E-state index contributed by atoms with van der Waals surface area (Å²) in [5.74, 6) is 1.58. The number of amidine groups is 2. The van der Waals surface area contributed by atoms with Crippen LogP contribution in [-0.4, -0.2) is 16.2 Å². The van der Waals surface area contributed by atoms with E-state index in [2.05, 4.69) is 181 Å². The van der Waals surface area contributed by atoms with Gasteiger partial charge in [-0.1, -0.05) is 153 Å². The normalized spacial score (nSPS) is 15.5. The predicted octanol–water partition coefficient (Wildman–Crippen LogP) is 15.0. The van der Waals surface area contributed by atoms with E-state index in [9.17, 15) is 0 Å². The van der Waals surface area contributed by atoms with E-state index >= 15 is 0 Å². The highest BCUT2D eigenvalue weighted by atomic mass is 16.3. The third kappa shape index (κ3) is 5.99. The molecule has 13 rings (SSSR count). The Balaban J connectivity index is 0.875. The molecule has 0 bridgehead atoms. The largest absolute Gasteiger partial charge is 0.456 e. The van der Waals surface area contributed by atoms with Gasteiger partial charge >= 0.3 is 0 Å². The van der Waals surface area contributed by atoms with Crippen molar-refractivity contribution in [1.29, 1.82) is 0 Å². The van der Waals surface area contributed by atoms with Crippen molar-refractivity contribution < 1.29 is 4.42 Å². The lowest BCUT2D eigenvalue weighted by Crippen LogP contribution is -2.36. The minimum Gasteiger partial charge on any atom is -0.456 e. The van der Waals surface area contributed by atoms with E-state index in [1.807, 2.05) is 36.4 Å². The van der Waals surface area contributed by atoms with E-state index in [1.54, 1.807) is 0 Å².